The number of nitrogens with zero attached hydrogens (tertiary/aromatic N) is 5. The van der Waals surface area contributed by atoms with Gasteiger partial charge in [0, 0.05) is 98.2 Å². The number of aryl methyl sites for hydroxylation is 1. The zero-order valence-corrected chi connectivity index (χ0v) is 42.9. The molecular weight excluding hydrogens is 957 g/mol. The van der Waals surface area contributed by atoms with Gasteiger partial charge in [0.25, 0.3) is 5.91 Å². The van der Waals surface area contributed by atoms with E-state index in [1.165, 1.54) is 26.4 Å². The first-order valence-electron chi connectivity index (χ1n) is 24.3. The minimum atomic E-state index is -0.639. The van der Waals surface area contributed by atoms with Crippen LogP contribution in [0.5, 0.6) is 29.0 Å². The molecule has 4 aromatic rings. The van der Waals surface area contributed by atoms with Crippen molar-refractivity contribution < 1.29 is 67.1 Å². The number of nitrogens with one attached hydrogen (secondary N) is 1. The number of hydrogen-bond acceptors (Lipinski definition) is 17. The summed E-state index contributed by atoms with van der Waals surface area (Å²) < 4.78 is 45.4. The van der Waals surface area contributed by atoms with Gasteiger partial charge in [-0.25, -0.2) is 9.37 Å². The maximum absolute atomic E-state index is 13.6. The molecule has 0 bridgehead atoms. The fourth-order valence-corrected chi connectivity index (χ4v) is 8.34. The second-order valence-electron chi connectivity index (χ2n) is 18.0. The molecule has 3 heterocycles. The van der Waals surface area contributed by atoms with Gasteiger partial charge in [0.1, 0.15) is 69.0 Å². The zero-order chi connectivity index (χ0) is 52.9. The van der Waals surface area contributed by atoms with Crippen molar-refractivity contribution in [3.63, 3.8) is 0 Å². The topological polar surface area (TPSA) is 216 Å². The van der Waals surface area contributed by atoms with Gasteiger partial charge in [0.15, 0.2) is 6.61 Å². The summed E-state index contributed by atoms with van der Waals surface area (Å²) in [6, 6.07) is 23.6. The fraction of sp³-hybridized carbons (Fsp3) is 0.389. The summed E-state index contributed by atoms with van der Waals surface area (Å²) in [6.07, 6.45) is 1.57. The molecule has 1 aliphatic carbocycles. The minimum absolute atomic E-state index is 0.0252. The maximum atomic E-state index is 13.6. The van der Waals surface area contributed by atoms with Crippen molar-refractivity contribution in [1.82, 2.24) is 14.6 Å². The van der Waals surface area contributed by atoms with Crippen LogP contribution in [0.15, 0.2) is 83.3 Å². The SMILES string of the molecule is COC(=O)CN1CCOCCN(CC(=O)OC)c2cc(OCC(=O)NCCCCCC(=O)On3c(O)ccc3O)c(-c3c4ccc(=[N+](C)C)cc-4oc4cc(N(C)C)ccc34)cc2OCCOc2cc(C)ccc21. The number of esters is 2. The number of amides is 1. The maximum Gasteiger partial charge on any atom is 0.333 e. The van der Waals surface area contributed by atoms with Crippen LogP contribution < -0.4 is 49.0 Å². The van der Waals surface area contributed by atoms with Crippen molar-refractivity contribution in [3.8, 4) is 51.5 Å². The van der Waals surface area contributed by atoms with E-state index in [-0.39, 0.29) is 59.1 Å². The van der Waals surface area contributed by atoms with E-state index in [1.807, 2.05) is 110 Å². The molecule has 3 aromatic carbocycles. The van der Waals surface area contributed by atoms with Crippen LogP contribution in [-0.4, -0.2) is 147 Å². The molecule has 0 atom stereocenters. The molecule has 2 aliphatic heterocycles. The molecule has 74 heavy (non-hydrogen) atoms. The van der Waals surface area contributed by atoms with Crippen molar-refractivity contribution in [2.45, 2.75) is 32.6 Å². The Morgan fingerprint density at radius 1 is 0.730 bits per heavy atom. The highest BCUT2D eigenvalue weighted by Crippen LogP contribution is 2.48. The highest BCUT2D eigenvalue weighted by molar-refractivity contribution is 6.04. The van der Waals surface area contributed by atoms with E-state index >= 15 is 0 Å². The van der Waals surface area contributed by atoms with Crippen LogP contribution in [0.4, 0.5) is 17.1 Å². The first-order chi connectivity index (χ1) is 35.6. The third-order valence-corrected chi connectivity index (χ3v) is 12.3. The standard InChI is InChI=1S/C54H64N6O14/c1-35-12-17-41-46(27-35)70-25-26-71-47-30-40(54-38-15-13-36(56(2)3)28-44(38)73-45-29-37(57(4)5)14-16-39(45)54)43(31-42(47)59(33-53(66)68-7)22-24-69-23-21-58(41)32-52(65)67-6)72-34-48(61)55-20-10-8-9-11-51(64)74-60-49(62)18-19-50(60)63/h12-19,27-31H,8-11,20-26,32-34H2,1-7H3,(H2-,55,61,62,63)/p+1. The predicted octanol–water partition coefficient (Wildman–Crippen LogP) is 4.98. The molecule has 1 amide bonds. The van der Waals surface area contributed by atoms with E-state index in [0.717, 1.165) is 33.1 Å². The van der Waals surface area contributed by atoms with Gasteiger partial charge in [-0.05, 0) is 61.7 Å². The van der Waals surface area contributed by atoms with Gasteiger partial charge < -0.3 is 67.9 Å². The Balaban J connectivity index is 1.26. The molecule has 0 spiro atoms. The van der Waals surface area contributed by atoms with Crippen LogP contribution >= 0.6 is 0 Å². The number of ether oxygens (including phenoxy) is 6. The predicted molar refractivity (Wildman–Crippen MR) is 277 cm³/mol. The Labute approximate surface area is 429 Å². The molecule has 0 unspecified atom stereocenters. The molecule has 0 fully saturated rings. The Kier molecular flexibility index (Phi) is 18.1. The highest BCUT2D eigenvalue weighted by Gasteiger charge is 2.27. The number of carbonyl (C=O) groups excluding carboxylic acids is 4. The number of unbranched alkanes of at least 4 members (excludes halogenated alkanes) is 2. The molecule has 0 radical (unpaired) electrons. The normalized spacial score (nSPS) is 13.1. The number of aromatic nitrogens is 1. The van der Waals surface area contributed by atoms with E-state index in [1.54, 1.807) is 11.0 Å². The molecular formula is C54H65N6O14+. The van der Waals surface area contributed by atoms with Gasteiger partial charge in [-0.15, -0.1) is 4.73 Å². The largest absolute Gasteiger partial charge is 0.492 e. The number of anilines is 3. The second kappa shape index (κ2) is 25.0. The summed E-state index contributed by atoms with van der Waals surface area (Å²) in [6.45, 7) is 2.63. The van der Waals surface area contributed by atoms with Gasteiger partial charge in [0.05, 0.1) is 44.9 Å². The summed E-state index contributed by atoms with van der Waals surface area (Å²) in [5.41, 5.74) is 5.65. The second-order valence-corrected chi connectivity index (χ2v) is 18.0. The van der Waals surface area contributed by atoms with Gasteiger partial charge in [0.2, 0.25) is 17.1 Å². The number of fused-ring (bicyclic) bond motifs is 4. The summed E-state index contributed by atoms with van der Waals surface area (Å²) in [7, 11) is 10.5. The molecule has 3 N–H and O–H groups in total. The van der Waals surface area contributed by atoms with E-state index < -0.39 is 35.6 Å². The first-order valence-corrected chi connectivity index (χ1v) is 24.3. The Hall–Kier alpha value is -8.13. The summed E-state index contributed by atoms with van der Waals surface area (Å²) in [5.74, 6) is -0.997. The van der Waals surface area contributed by atoms with Gasteiger partial charge in [-0.3, -0.25) is 14.4 Å². The van der Waals surface area contributed by atoms with Crippen molar-refractivity contribution in [2.75, 3.05) is 123 Å². The molecule has 20 heteroatoms. The third kappa shape index (κ3) is 13.5. The van der Waals surface area contributed by atoms with E-state index in [9.17, 15) is 29.4 Å². The third-order valence-electron chi connectivity index (χ3n) is 12.3. The van der Waals surface area contributed by atoms with Crippen LogP contribution in [0.1, 0.15) is 31.2 Å². The smallest absolute Gasteiger partial charge is 0.333 e. The lowest BCUT2D eigenvalue weighted by Gasteiger charge is -2.28. The average Bonchev–Trinajstić information content (AvgIpc) is 3.69. The fourth-order valence-electron chi connectivity index (χ4n) is 8.34. The van der Waals surface area contributed by atoms with Crippen molar-refractivity contribution in [3.05, 3.63) is 89.8 Å². The summed E-state index contributed by atoms with van der Waals surface area (Å²) in [4.78, 5) is 62.4. The number of rotatable bonds is 16. The van der Waals surface area contributed by atoms with E-state index in [0.29, 0.717) is 82.6 Å². The molecule has 7 rings (SSSR count). The number of benzene rings is 4. The number of methoxy groups -OCH3 is 2. The lowest BCUT2D eigenvalue weighted by molar-refractivity contribution is -0.145. The molecule has 1 aromatic heterocycles. The lowest BCUT2D eigenvalue weighted by Crippen LogP contribution is -2.36. The molecule has 0 saturated heterocycles. The van der Waals surface area contributed by atoms with E-state index in [2.05, 4.69) is 5.32 Å². The van der Waals surface area contributed by atoms with E-state index in [4.69, 9.17) is 37.7 Å². The highest BCUT2D eigenvalue weighted by atomic mass is 16.7. The van der Waals surface area contributed by atoms with Crippen molar-refractivity contribution in [2.24, 2.45) is 0 Å². The minimum Gasteiger partial charge on any atom is -0.492 e. The Bertz CT molecular complexity index is 2980. The number of hydrogen-bond donors (Lipinski definition) is 3. The molecule has 0 saturated carbocycles. The zero-order valence-electron chi connectivity index (χ0n) is 42.9. The van der Waals surface area contributed by atoms with Gasteiger partial charge in [-0.1, -0.05) is 12.5 Å². The molecule has 394 valence electrons. The Morgan fingerprint density at radius 2 is 1.41 bits per heavy atom. The molecule has 20 nitrogen and oxygen atoms in total. The average molecular weight is 1020 g/mol. The monoisotopic (exact) mass is 1020 g/mol. The molecule has 3 aliphatic rings. The van der Waals surface area contributed by atoms with Gasteiger partial charge in [-0.2, -0.15) is 0 Å². The van der Waals surface area contributed by atoms with Crippen LogP contribution in [0.3, 0.4) is 0 Å². The van der Waals surface area contributed by atoms with Gasteiger partial charge >= 0.3 is 17.9 Å². The van der Waals surface area contributed by atoms with Crippen LogP contribution in [0, 0.1) is 6.92 Å². The number of aromatic hydroxyl groups is 2. The van der Waals surface area contributed by atoms with Crippen molar-refractivity contribution in [1.29, 1.82) is 0 Å². The first kappa shape index (κ1) is 53.7. The summed E-state index contributed by atoms with van der Waals surface area (Å²) in [5, 5.41) is 24.1. The van der Waals surface area contributed by atoms with Crippen molar-refractivity contribution >= 4 is 51.8 Å². The van der Waals surface area contributed by atoms with Crippen LogP contribution in [0.2, 0.25) is 0 Å². The quantitative estimate of drug-likeness (QED) is 0.0504. The van der Waals surface area contributed by atoms with Crippen LogP contribution in [0.25, 0.3) is 33.4 Å². The summed E-state index contributed by atoms with van der Waals surface area (Å²) >= 11 is 0. The Morgan fingerprint density at radius 3 is 2.07 bits per heavy atom. The lowest BCUT2D eigenvalue weighted by atomic mass is 9.92. The van der Waals surface area contributed by atoms with Crippen LogP contribution in [-0.2, 0) is 33.4 Å². The number of carbonyl (C=O) groups is 4.